The number of amides is 2. The summed E-state index contributed by atoms with van der Waals surface area (Å²) in [6.45, 7) is 6.91. The smallest absolute Gasteiger partial charge is 0.407 e. The number of likely N-dealkylation sites (tertiary alicyclic amines) is 1. The predicted molar refractivity (Wildman–Crippen MR) is 123 cm³/mol. The van der Waals surface area contributed by atoms with Crippen molar-refractivity contribution in [1.82, 2.24) is 19.8 Å². The summed E-state index contributed by atoms with van der Waals surface area (Å²) in [6, 6.07) is 6.70. The minimum atomic E-state index is -3.60. The monoisotopic (exact) mass is 468 g/mol. The molecule has 0 bridgehead atoms. The SMILES string of the molecule is CN(C)S(=O)(=O)c1ccccc1CNC(=O)CN1CCCCC1CNC(=O)OC(C)(C)C. The Morgan fingerprint density at radius 1 is 1.16 bits per heavy atom. The molecule has 1 saturated heterocycles. The van der Waals surface area contributed by atoms with Gasteiger partial charge in [0.05, 0.1) is 11.4 Å². The van der Waals surface area contributed by atoms with E-state index in [2.05, 4.69) is 15.5 Å². The van der Waals surface area contributed by atoms with Gasteiger partial charge in [-0.3, -0.25) is 9.69 Å². The topological polar surface area (TPSA) is 108 Å². The first kappa shape index (κ1) is 26.1. The minimum absolute atomic E-state index is 0.0448. The molecule has 2 N–H and O–H groups in total. The van der Waals surface area contributed by atoms with E-state index in [1.807, 2.05) is 20.8 Å². The molecule has 1 heterocycles. The molecule has 1 aliphatic rings. The van der Waals surface area contributed by atoms with Crippen LogP contribution in [0.2, 0.25) is 0 Å². The molecule has 10 heteroatoms. The molecule has 1 atom stereocenters. The van der Waals surface area contributed by atoms with Crippen molar-refractivity contribution in [2.24, 2.45) is 0 Å². The van der Waals surface area contributed by atoms with E-state index in [4.69, 9.17) is 4.74 Å². The predicted octanol–water partition coefficient (Wildman–Crippen LogP) is 1.93. The molecule has 1 aromatic carbocycles. The molecule has 1 fully saturated rings. The van der Waals surface area contributed by atoms with Gasteiger partial charge in [-0.1, -0.05) is 24.6 Å². The number of piperidine rings is 1. The maximum atomic E-state index is 12.6. The number of nitrogens with zero attached hydrogens (tertiary/aromatic N) is 2. The molecule has 0 radical (unpaired) electrons. The lowest BCUT2D eigenvalue weighted by molar-refractivity contribution is -0.123. The van der Waals surface area contributed by atoms with E-state index in [9.17, 15) is 18.0 Å². The Hall–Kier alpha value is -2.17. The summed E-state index contributed by atoms with van der Waals surface area (Å²) >= 11 is 0. The summed E-state index contributed by atoms with van der Waals surface area (Å²) in [4.78, 5) is 26.8. The molecule has 0 aromatic heterocycles. The number of ether oxygens (including phenoxy) is 1. The molecule has 0 saturated carbocycles. The summed E-state index contributed by atoms with van der Waals surface area (Å²) in [6.07, 6.45) is 2.44. The number of nitrogens with one attached hydrogen (secondary N) is 2. The van der Waals surface area contributed by atoms with Gasteiger partial charge in [0.1, 0.15) is 5.60 Å². The van der Waals surface area contributed by atoms with Gasteiger partial charge >= 0.3 is 6.09 Å². The van der Waals surface area contributed by atoms with Gasteiger partial charge in [0.15, 0.2) is 0 Å². The zero-order valence-electron chi connectivity index (χ0n) is 19.7. The van der Waals surface area contributed by atoms with Gasteiger partial charge in [0.25, 0.3) is 0 Å². The zero-order chi connectivity index (χ0) is 23.9. The molecule has 2 rings (SSSR count). The number of rotatable bonds is 8. The van der Waals surface area contributed by atoms with E-state index in [1.165, 1.54) is 14.1 Å². The Balaban J connectivity index is 1.94. The van der Waals surface area contributed by atoms with Crippen molar-refractivity contribution in [2.75, 3.05) is 33.7 Å². The molecule has 0 aliphatic carbocycles. The van der Waals surface area contributed by atoms with Gasteiger partial charge < -0.3 is 15.4 Å². The summed E-state index contributed by atoms with van der Waals surface area (Å²) in [5, 5.41) is 5.64. The molecular weight excluding hydrogens is 432 g/mol. The Kier molecular flexibility index (Phi) is 9.06. The highest BCUT2D eigenvalue weighted by molar-refractivity contribution is 7.89. The van der Waals surface area contributed by atoms with Crippen LogP contribution in [0.25, 0.3) is 0 Å². The second-order valence-corrected chi connectivity index (χ2v) is 11.3. The van der Waals surface area contributed by atoms with Crippen molar-refractivity contribution in [3.05, 3.63) is 29.8 Å². The standard InChI is InChI=1S/C22H36N4O5S/c1-22(2,3)31-21(28)24-15-18-11-8-9-13-26(18)16-20(27)23-14-17-10-6-7-12-19(17)32(29,30)25(4)5/h6-7,10,12,18H,8-9,11,13-16H2,1-5H3,(H,23,27)(H,24,28). The molecule has 2 amide bonds. The number of carbonyl (C=O) groups is 2. The van der Waals surface area contributed by atoms with Crippen LogP contribution >= 0.6 is 0 Å². The summed E-state index contributed by atoms with van der Waals surface area (Å²) in [5.41, 5.74) is -0.0246. The first-order chi connectivity index (χ1) is 14.9. The Labute approximate surface area is 191 Å². The van der Waals surface area contributed by atoms with Crippen LogP contribution in [0.4, 0.5) is 4.79 Å². The molecule has 9 nitrogen and oxygen atoms in total. The van der Waals surface area contributed by atoms with Crippen molar-refractivity contribution >= 4 is 22.0 Å². The van der Waals surface area contributed by atoms with Crippen molar-refractivity contribution < 1.29 is 22.7 Å². The quantitative estimate of drug-likeness (QED) is 0.604. The van der Waals surface area contributed by atoms with E-state index in [-0.39, 0.29) is 29.9 Å². The summed E-state index contributed by atoms with van der Waals surface area (Å²) in [5.74, 6) is -0.189. The highest BCUT2D eigenvalue weighted by Crippen LogP contribution is 2.19. The molecule has 1 aliphatic heterocycles. The number of alkyl carbamates (subject to hydrolysis) is 1. The van der Waals surface area contributed by atoms with E-state index < -0.39 is 21.7 Å². The van der Waals surface area contributed by atoms with E-state index in [0.717, 1.165) is 30.1 Å². The van der Waals surface area contributed by atoms with Gasteiger partial charge in [-0.15, -0.1) is 0 Å². The van der Waals surface area contributed by atoms with E-state index >= 15 is 0 Å². The molecule has 0 spiro atoms. The van der Waals surface area contributed by atoms with Crippen molar-refractivity contribution in [2.45, 2.75) is 63.1 Å². The first-order valence-corrected chi connectivity index (χ1v) is 12.3. The average Bonchev–Trinajstić information content (AvgIpc) is 2.70. The Morgan fingerprint density at radius 3 is 2.50 bits per heavy atom. The van der Waals surface area contributed by atoms with Gasteiger partial charge in [-0.05, 0) is 51.8 Å². The highest BCUT2D eigenvalue weighted by Gasteiger charge is 2.26. The lowest BCUT2D eigenvalue weighted by Crippen LogP contribution is -2.50. The second kappa shape index (κ2) is 11.1. The number of carbonyl (C=O) groups excluding carboxylic acids is 2. The highest BCUT2D eigenvalue weighted by atomic mass is 32.2. The lowest BCUT2D eigenvalue weighted by Gasteiger charge is -2.35. The van der Waals surface area contributed by atoms with E-state index in [0.29, 0.717) is 12.1 Å². The van der Waals surface area contributed by atoms with Crippen LogP contribution in [0.15, 0.2) is 29.2 Å². The third-order valence-corrected chi connectivity index (χ3v) is 7.10. The van der Waals surface area contributed by atoms with Crippen molar-refractivity contribution in [3.63, 3.8) is 0 Å². The first-order valence-electron chi connectivity index (χ1n) is 10.9. The second-order valence-electron chi connectivity index (χ2n) is 9.17. The molecule has 1 unspecified atom stereocenters. The van der Waals surface area contributed by atoms with Crippen LogP contribution in [-0.4, -0.2) is 75.0 Å². The maximum Gasteiger partial charge on any atom is 0.407 e. The number of hydrogen-bond donors (Lipinski definition) is 2. The fourth-order valence-corrected chi connectivity index (χ4v) is 4.66. The fourth-order valence-electron chi connectivity index (χ4n) is 3.55. The van der Waals surface area contributed by atoms with Crippen LogP contribution < -0.4 is 10.6 Å². The maximum absolute atomic E-state index is 12.6. The third kappa shape index (κ3) is 7.75. The number of sulfonamides is 1. The minimum Gasteiger partial charge on any atom is -0.444 e. The van der Waals surface area contributed by atoms with Crippen LogP contribution in [0.5, 0.6) is 0 Å². The van der Waals surface area contributed by atoms with Crippen molar-refractivity contribution in [3.8, 4) is 0 Å². The van der Waals surface area contributed by atoms with Gasteiger partial charge in [0, 0.05) is 33.2 Å². The molecule has 1 aromatic rings. The fraction of sp³-hybridized carbons (Fsp3) is 0.636. The van der Waals surface area contributed by atoms with Crippen molar-refractivity contribution in [1.29, 1.82) is 0 Å². The van der Waals surface area contributed by atoms with Gasteiger partial charge in [-0.2, -0.15) is 0 Å². The summed E-state index contributed by atoms with van der Waals surface area (Å²) in [7, 11) is -0.643. The Morgan fingerprint density at radius 2 is 1.84 bits per heavy atom. The third-order valence-electron chi connectivity index (χ3n) is 5.18. The molecular formula is C22H36N4O5S. The van der Waals surface area contributed by atoms with Gasteiger partial charge in [-0.25, -0.2) is 17.5 Å². The molecule has 32 heavy (non-hydrogen) atoms. The van der Waals surface area contributed by atoms with Crippen LogP contribution in [0.3, 0.4) is 0 Å². The molecule has 180 valence electrons. The van der Waals surface area contributed by atoms with Crippen LogP contribution in [0.1, 0.15) is 45.6 Å². The lowest BCUT2D eigenvalue weighted by atomic mass is 10.0. The largest absolute Gasteiger partial charge is 0.444 e. The van der Waals surface area contributed by atoms with Gasteiger partial charge in [0.2, 0.25) is 15.9 Å². The zero-order valence-corrected chi connectivity index (χ0v) is 20.5. The normalized spacial score (nSPS) is 17.8. The van der Waals surface area contributed by atoms with Crippen LogP contribution in [0, 0.1) is 0 Å². The average molecular weight is 469 g/mol. The summed E-state index contributed by atoms with van der Waals surface area (Å²) < 4.78 is 31.5. The number of hydrogen-bond acceptors (Lipinski definition) is 6. The Bertz CT molecular complexity index is 896. The van der Waals surface area contributed by atoms with E-state index in [1.54, 1.807) is 24.3 Å². The van der Waals surface area contributed by atoms with Crippen LogP contribution in [-0.2, 0) is 26.1 Å². The number of benzene rings is 1.